The maximum Gasteiger partial charge on any atom is 0.473 e. The second-order valence-corrected chi connectivity index (χ2v) is 22.8. The molecule has 0 amide bonds. The van der Waals surface area contributed by atoms with E-state index in [-0.39, 0.29) is 23.9 Å². The van der Waals surface area contributed by atoms with Crippen molar-refractivity contribution in [3.8, 4) is 0 Å². The van der Waals surface area contributed by atoms with Crippen LogP contribution in [0.1, 0.15) is 296 Å². The van der Waals surface area contributed by atoms with Crippen molar-refractivity contribution in [2.45, 2.75) is 308 Å². The average molecular weight is 959 g/mol. The number of hydrogen-bond donors (Lipinski definition) is 3. The SMILES string of the molecule is CCCCCCCCCCCCCCCCCCCCCCCC(=O)C(C[N+](C)(C)C)(OP(=O)(O)OC[C@H](O)CO)C(=O)CCCCCCCCCCCCCCCCCCCCCCC. The number of aliphatic hydroxyl groups is 2. The molecule has 3 N–H and O–H groups in total. The number of likely N-dealkylation sites (N-methyl/N-ethyl adjacent to an activating group) is 1. The minimum Gasteiger partial charge on any atom is -0.394 e. The topological polar surface area (TPSA) is 130 Å². The minimum atomic E-state index is -4.96. The summed E-state index contributed by atoms with van der Waals surface area (Å²) in [6.45, 7) is 3.12. The lowest BCUT2D eigenvalue weighted by Gasteiger charge is -2.37. The number of Topliss-reactive ketones (excluding diaryl/α,β-unsaturated/α-hetero) is 2. The first kappa shape index (κ1) is 65.3. The monoisotopic (exact) mass is 959 g/mol. The Morgan fingerprint density at radius 2 is 0.682 bits per heavy atom. The Morgan fingerprint density at radius 1 is 0.455 bits per heavy atom. The van der Waals surface area contributed by atoms with Gasteiger partial charge < -0.3 is 19.6 Å². The van der Waals surface area contributed by atoms with Crippen LogP contribution in [0, 0.1) is 0 Å². The molecule has 0 radical (unpaired) electrons. The van der Waals surface area contributed by atoms with Gasteiger partial charge in [0.25, 0.3) is 0 Å². The summed E-state index contributed by atoms with van der Waals surface area (Å²) in [6, 6.07) is 0. The lowest BCUT2D eigenvalue weighted by atomic mass is 9.86. The van der Waals surface area contributed by atoms with Crippen LogP contribution in [0.25, 0.3) is 0 Å². The average Bonchev–Trinajstić information content (AvgIpc) is 3.28. The molecule has 1 unspecified atom stereocenters. The van der Waals surface area contributed by atoms with Crippen molar-refractivity contribution in [3.63, 3.8) is 0 Å². The molecule has 0 aliphatic carbocycles. The fraction of sp³-hybridized carbons (Fsp3) is 0.964. The number of phosphoric acid groups is 1. The molecule has 0 aromatic heterocycles. The Balaban J connectivity index is 4.61. The van der Waals surface area contributed by atoms with Crippen molar-refractivity contribution in [2.75, 3.05) is 40.9 Å². The number of hydrogen-bond acceptors (Lipinski definition) is 7. The molecule has 0 rings (SSSR count). The lowest BCUT2D eigenvalue weighted by Crippen LogP contribution is -2.59. The highest BCUT2D eigenvalue weighted by atomic mass is 31.2. The maximum absolute atomic E-state index is 14.1. The Kier molecular flexibility index (Phi) is 45.0. The van der Waals surface area contributed by atoms with Crippen LogP contribution in [-0.4, -0.2) is 83.8 Å². The van der Waals surface area contributed by atoms with Gasteiger partial charge in [-0.15, -0.1) is 0 Å². The van der Waals surface area contributed by atoms with Gasteiger partial charge in [0.05, 0.1) is 34.4 Å². The zero-order chi connectivity index (χ0) is 48.9. The molecule has 66 heavy (non-hydrogen) atoms. The van der Waals surface area contributed by atoms with Crippen LogP contribution in [-0.2, 0) is 23.2 Å². The predicted molar refractivity (Wildman–Crippen MR) is 280 cm³/mol. The molecule has 0 aromatic rings. The molecule has 0 aliphatic heterocycles. The molecule has 0 fully saturated rings. The summed E-state index contributed by atoms with van der Waals surface area (Å²) >= 11 is 0. The number of carbonyl (C=O) groups excluding carboxylic acids is 2. The number of rotatable bonds is 54. The van der Waals surface area contributed by atoms with Crippen LogP contribution < -0.4 is 0 Å². The van der Waals surface area contributed by atoms with Gasteiger partial charge in [-0.3, -0.25) is 18.6 Å². The molecule has 2 atom stereocenters. The zero-order valence-electron chi connectivity index (χ0n) is 44.6. The number of nitrogens with zero attached hydrogens (tertiary/aromatic N) is 1. The predicted octanol–water partition coefficient (Wildman–Crippen LogP) is 16.3. The molecular weight excluding hydrogens is 846 g/mol. The van der Waals surface area contributed by atoms with Gasteiger partial charge in [-0.05, 0) is 12.8 Å². The summed E-state index contributed by atoms with van der Waals surface area (Å²) in [6.07, 6.45) is 51.9. The number of carbonyl (C=O) groups is 2. The van der Waals surface area contributed by atoms with E-state index >= 15 is 0 Å². The summed E-state index contributed by atoms with van der Waals surface area (Å²) in [5.41, 5.74) is -2.15. The molecule has 0 aromatic carbocycles. The van der Waals surface area contributed by atoms with E-state index in [0.717, 1.165) is 38.5 Å². The molecule has 0 saturated carbocycles. The summed E-state index contributed by atoms with van der Waals surface area (Å²) in [5, 5.41) is 19.0. The third-order valence-electron chi connectivity index (χ3n) is 13.5. The van der Waals surface area contributed by atoms with Crippen molar-refractivity contribution in [3.05, 3.63) is 0 Å². The van der Waals surface area contributed by atoms with E-state index < -0.39 is 44.3 Å². The van der Waals surface area contributed by atoms with E-state index in [1.165, 1.54) is 218 Å². The van der Waals surface area contributed by atoms with Crippen molar-refractivity contribution in [1.82, 2.24) is 0 Å². The van der Waals surface area contributed by atoms with Crippen LogP contribution in [0.4, 0.5) is 0 Å². The second kappa shape index (κ2) is 45.5. The van der Waals surface area contributed by atoms with Gasteiger partial charge in [0.1, 0.15) is 12.6 Å². The Bertz CT molecular complexity index is 1070. The highest BCUT2D eigenvalue weighted by molar-refractivity contribution is 7.47. The van der Waals surface area contributed by atoms with Gasteiger partial charge in [0, 0.05) is 12.8 Å². The lowest BCUT2D eigenvalue weighted by molar-refractivity contribution is -0.874. The molecule has 0 aliphatic rings. The smallest absolute Gasteiger partial charge is 0.394 e. The maximum atomic E-state index is 14.1. The van der Waals surface area contributed by atoms with E-state index in [0.29, 0.717) is 12.8 Å². The molecule has 0 saturated heterocycles. The molecule has 9 nitrogen and oxygen atoms in total. The molecule has 0 bridgehead atoms. The first-order valence-electron chi connectivity index (χ1n) is 28.7. The third kappa shape index (κ3) is 41.1. The van der Waals surface area contributed by atoms with Crippen molar-refractivity contribution in [2.24, 2.45) is 0 Å². The minimum absolute atomic E-state index is 0.0728. The molecule has 394 valence electrons. The molecule has 0 spiro atoms. The normalized spacial score (nSPS) is 13.6. The first-order valence-corrected chi connectivity index (χ1v) is 30.2. The van der Waals surface area contributed by atoms with Gasteiger partial charge in [-0.1, -0.05) is 271 Å². The highest BCUT2D eigenvalue weighted by Crippen LogP contribution is 2.49. The Labute approximate surface area is 409 Å². The first-order chi connectivity index (χ1) is 31.8. The van der Waals surface area contributed by atoms with E-state index in [1.807, 2.05) is 21.1 Å². The summed E-state index contributed by atoms with van der Waals surface area (Å²) < 4.78 is 24.2. The summed E-state index contributed by atoms with van der Waals surface area (Å²) in [7, 11) is 0.524. The van der Waals surface area contributed by atoms with Crippen LogP contribution in [0.2, 0.25) is 0 Å². The van der Waals surface area contributed by atoms with Gasteiger partial charge in [-0.2, -0.15) is 0 Å². The van der Waals surface area contributed by atoms with Crippen molar-refractivity contribution >= 4 is 19.4 Å². The van der Waals surface area contributed by atoms with Gasteiger partial charge in [-0.25, -0.2) is 4.57 Å². The van der Waals surface area contributed by atoms with Crippen LogP contribution in [0.5, 0.6) is 0 Å². The fourth-order valence-electron chi connectivity index (χ4n) is 9.43. The van der Waals surface area contributed by atoms with E-state index in [4.69, 9.17) is 9.05 Å². The van der Waals surface area contributed by atoms with Crippen LogP contribution in [0.15, 0.2) is 0 Å². The summed E-state index contributed by atoms with van der Waals surface area (Å²) in [5.74, 6) is -0.968. The second-order valence-electron chi connectivity index (χ2n) is 21.5. The van der Waals surface area contributed by atoms with Crippen LogP contribution in [0.3, 0.4) is 0 Å². The number of ketones is 2. The van der Waals surface area contributed by atoms with Crippen molar-refractivity contribution < 1.29 is 42.8 Å². The van der Waals surface area contributed by atoms with Gasteiger partial charge in [0.15, 0.2) is 11.6 Å². The summed E-state index contributed by atoms with van der Waals surface area (Å²) in [4.78, 5) is 39.1. The largest absolute Gasteiger partial charge is 0.473 e. The molecular formula is C56H113NO8P+. The van der Waals surface area contributed by atoms with Gasteiger partial charge in [0.2, 0.25) is 5.60 Å². The molecule has 10 heteroatoms. The van der Waals surface area contributed by atoms with E-state index in [2.05, 4.69) is 13.8 Å². The number of phosphoric ester groups is 1. The van der Waals surface area contributed by atoms with Crippen LogP contribution >= 0.6 is 7.82 Å². The van der Waals surface area contributed by atoms with Gasteiger partial charge >= 0.3 is 7.82 Å². The van der Waals surface area contributed by atoms with Crippen molar-refractivity contribution in [1.29, 1.82) is 0 Å². The number of aliphatic hydroxyl groups excluding tert-OH is 2. The highest BCUT2D eigenvalue weighted by Gasteiger charge is 2.54. The zero-order valence-corrected chi connectivity index (χ0v) is 45.5. The van der Waals surface area contributed by atoms with E-state index in [1.54, 1.807) is 0 Å². The molecule has 0 heterocycles. The Hall–Kier alpha value is -0.670. The fourth-order valence-corrected chi connectivity index (χ4v) is 10.5. The third-order valence-corrected chi connectivity index (χ3v) is 14.5. The number of quaternary nitrogens is 1. The Morgan fingerprint density at radius 3 is 0.894 bits per heavy atom. The standard InChI is InChI=1S/C56H112NO8P/c1-6-8-10-12-14-16-18-20-22-24-26-28-30-32-34-36-38-40-42-44-46-48-54(60)56(52-57(3,4)5,65-66(62,63)64-51-53(59)50-58)55(61)49-47-45-43-41-39-37-35-33-31-29-27-25-23-21-19-17-15-13-11-9-7-2/h53,58-59H,6-52H2,1-5H3/p+1/t53-/m1/s1. The number of unbranched alkanes of at least 4 members (excludes halogenated alkanes) is 40. The van der Waals surface area contributed by atoms with E-state index in [9.17, 15) is 29.3 Å². The quantitative estimate of drug-likeness (QED) is 0.0238.